The Bertz CT molecular complexity index is 448. The smallest absolute Gasteiger partial charge is 0.244 e. The summed E-state index contributed by atoms with van der Waals surface area (Å²) in [6.07, 6.45) is 2.32. The number of aryl methyl sites for hydroxylation is 2. The third-order valence-corrected chi connectivity index (χ3v) is 3.75. The van der Waals surface area contributed by atoms with Crippen LogP contribution in [0.15, 0.2) is 6.07 Å². The fraction of sp³-hybridized carbons (Fsp3) is 0.714. The fourth-order valence-electron chi connectivity index (χ4n) is 2.81. The maximum atomic E-state index is 12.3. The van der Waals surface area contributed by atoms with Crippen molar-refractivity contribution in [3.63, 3.8) is 0 Å². The number of nitrogens with zero attached hydrogens (tertiary/aromatic N) is 3. The van der Waals surface area contributed by atoms with E-state index in [1.807, 2.05) is 31.9 Å². The minimum atomic E-state index is 0. The molecule has 1 aliphatic heterocycles. The number of carbonyl (C=O) groups excluding carboxylic acids is 1. The van der Waals surface area contributed by atoms with Gasteiger partial charge in [-0.05, 0) is 52.3 Å². The molecule has 1 N–H and O–H groups in total. The Morgan fingerprint density at radius 3 is 2.71 bits per heavy atom. The summed E-state index contributed by atoms with van der Waals surface area (Å²) in [5, 5.41) is 7.56. The maximum Gasteiger partial charge on any atom is 0.244 e. The van der Waals surface area contributed by atoms with E-state index in [9.17, 15) is 4.79 Å². The first-order valence-electron chi connectivity index (χ1n) is 7.03. The van der Waals surface area contributed by atoms with Gasteiger partial charge in [0.2, 0.25) is 5.91 Å². The topological polar surface area (TPSA) is 50.2 Å². The van der Waals surface area contributed by atoms with Crippen LogP contribution in [0.3, 0.4) is 0 Å². The monoisotopic (exact) mass is 336 g/mol. The molecule has 0 spiro atoms. The van der Waals surface area contributed by atoms with E-state index in [4.69, 9.17) is 0 Å². The predicted molar refractivity (Wildman–Crippen MR) is 89.4 cm³/mol. The van der Waals surface area contributed by atoms with Gasteiger partial charge in [0.15, 0.2) is 0 Å². The zero-order chi connectivity index (χ0) is 13.8. The molecular formula is C14H26Cl2N4O. The van der Waals surface area contributed by atoms with Crippen molar-refractivity contribution < 1.29 is 4.79 Å². The van der Waals surface area contributed by atoms with E-state index in [-0.39, 0.29) is 30.7 Å². The van der Waals surface area contributed by atoms with E-state index in [1.165, 1.54) is 6.42 Å². The third kappa shape index (κ3) is 5.49. The predicted octanol–water partition coefficient (Wildman–Crippen LogP) is 1.80. The Kier molecular flexibility index (Phi) is 8.94. The fourth-order valence-corrected chi connectivity index (χ4v) is 2.81. The molecule has 1 unspecified atom stereocenters. The summed E-state index contributed by atoms with van der Waals surface area (Å²) in [6, 6.07) is 2.01. The van der Waals surface area contributed by atoms with Gasteiger partial charge in [-0.1, -0.05) is 0 Å². The number of rotatable bonds is 4. The molecule has 0 saturated carbocycles. The van der Waals surface area contributed by atoms with Crippen LogP contribution in [0.5, 0.6) is 0 Å². The van der Waals surface area contributed by atoms with Crippen molar-refractivity contribution in [3.05, 3.63) is 17.5 Å². The summed E-state index contributed by atoms with van der Waals surface area (Å²) in [6.45, 7) is 7.07. The van der Waals surface area contributed by atoms with E-state index in [1.54, 1.807) is 4.68 Å². The van der Waals surface area contributed by atoms with Crippen molar-refractivity contribution in [1.82, 2.24) is 20.0 Å². The molecule has 21 heavy (non-hydrogen) atoms. The minimum absolute atomic E-state index is 0. The summed E-state index contributed by atoms with van der Waals surface area (Å²) >= 11 is 0. The summed E-state index contributed by atoms with van der Waals surface area (Å²) in [4.78, 5) is 14.3. The highest BCUT2D eigenvalue weighted by Crippen LogP contribution is 2.16. The number of hydrogen-bond acceptors (Lipinski definition) is 3. The Balaban J connectivity index is 0.00000200. The van der Waals surface area contributed by atoms with Crippen molar-refractivity contribution >= 4 is 30.7 Å². The van der Waals surface area contributed by atoms with Gasteiger partial charge in [0.05, 0.1) is 5.69 Å². The summed E-state index contributed by atoms with van der Waals surface area (Å²) in [7, 11) is 1.97. The number of likely N-dealkylation sites (tertiary alicyclic amines) is 1. The lowest BCUT2D eigenvalue weighted by atomic mass is 9.98. The van der Waals surface area contributed by atoms with E-state index in [0.29, 0.717) is 12.5 Å². The minimum Gasteiger partial charge on any atom is -0.341 e. The summed E-state index contributed by atoms with van der Waals surface area (Å²) in [5.41, 5.74) is 2.02. The molecule has 2 rings (SSSR count). The highest BCUT2D eigenvalue weighted by Gasteiger charge is 2.23. The number of piperidine rings is 1. The molecule has 5 nitrogen and oxygen atoms in total. The van der Waals surface area contributed by atoms with Crippen LogP contribution in [-0.4, -0.2) is 47.3 Å². The molecule has 1 fully saturated rings. The van der Waals surface area contributed by atoms with Gasteiger partial charge < -0.3 is 10.2 Å². The van der Waals surface area contributed by atoms with E-state index >= 15 is 0 Å². The van der Waals surface area contributed by atoms with Crippen molar-refractivity contribution in [2.24, 2.45) is 5.92 Å². The summed E-state index contributed by atoms with van der Waals surface area (Å²) in [5.74, 6) is 0.773. The van der Waals surface area contributed by atoms with Crippen molar-refractivity contribution in [2.75, 3.05) is 26.7 Å². The van der Waals surface area contributed by atoms with Crippen LogP contribution in [-0.2, 0) is 11.3 Å². The van der Waals surface area contributed by atoms with E-state index < -0.39 is 0 Å². The lowest BCUT2D eigenvalue weighted by Gasteiger charge is -2.32. The highest BCUT2D eigenvalue weighted by molar-refractivity contribution is 5.85. The van der Waals surface area contributed by atoms with Crippen LogP contribution in [0.25, 0.3) is 0 Å². The van der Waals surface area contributed by atoms with Crippen molar-refractivity contribution in [1.29, 1.82) is 0 Å². The first-order chi connectivity index (χ1) is 9.10. The molecule has 2 heterocycles. The number of aromatic nitrogens is 2. The van der Waals surface area contributed by atoms with Gasteiger partial charge in [0.1, 0.15) is 6.54 Å². The second-order valence-corrected chi connectivity index (χ2v) is 5.49. The zero-order valence-electron chi connectivity index (χ0n) is 13.0. The van der Waals surface area contributed by atoms with Crippen LogP contribution < -0.4 is 5.32 Å². The second-order valence-electron chi connectivity index (χ2n) is 5.49. The quantitative estimate of drug-likeness (QED) is 0.912. The number of hydrogen-bond donors (Lipinski definition) is 1. The molecular weight excluding hydrogens is 311 g/mol. The standard InChI is InChI=1S/C14H24N4O.2ClH/c1-11-7-12(2)18(16-11)10-14(19)17-6-4-5-13(9-17)8-15-3;;/h7,13,15H,4-6,8-10H2,1-3H3;2*1H. The molecule has 1 aromatic heterocycles. The largest absolute Gasteiger partial charge is 0.341 e. The molecule has 1 aliphatic rings. The van der Waals surface area contributed by atoms with Crippen LogP contribution in [0.4, 0.5) is 0 Å². The van der Waals surface area contributed by atoms with Gasteiger partial charge in [-0.15, -0.1) is 24.8 Å². The van der Waals surface area contributed by atoms with Crippen LogP contribution >= 0.6 is 24.8 Å². The van der Waals surface area contributed by atoms with Gasteiger partial charge in [-0.25, -0.2) is 0 Å². The normalized spacial score (nSPS) is 17.9. The first-order valence-corrected chi connectivity index (χ1v) is 7.03. The molecule has 1 saturated heterocycles. The van der Waals surface area contributed by atoms with Gasteiger partial charge in [0, 0.05) is 18.8 Å². The van der Waals surface area contributed by atoms with Gasteiger partial charge in [-0.2, -0.15) is 5.10 Å². The molecule has 7 heteroatoms. The molecule has 0 bridgehead atoms. The van der Waals surface area contributed by atoms with Gasteiger partial charge >= 0.3 is 0 Å². The Labute approximate surface area is 139 Å². The lowest BCUT2D eigenvalue weighted by molar-refractivity contribution is -0.133. The Morgan fingerprint density at radius 1 is 1.43 bits per heavy atom. The molecule has 0 aliphatic carbocycles. The number of halogens is 2. The second kappa shape index (κ2) is 9.28. The van der Waals surface area contributed by atoms with Gasteiger partial charge in [0.25, 0.3) is 0 Å². The lowest BCUT2D eigenvalue weighted by Crippen LogP contribution is -2.43. The number of amides is 1. The Morgan fingerprint density at radius 2 is 2.14 bits per heavy atom. The van der Waals surface area contributed by atoms with Crippen LogP contribution in [0, 0.1) is 19.8 Å². The molecule has 1 atom stereocenters. The molecule has 1 aromatic rings. The van der Waals surface area contributed by atoms with E-state index in [2.05, 4.69) is 10.4 Å². The van der Waals surface area contributed by atoms with Crippen molar-refractivity contribution in [2.45, 2.75) is 33.2 Å². The SMILES string of the molecule is CNCC1CCCN(C(=O)Cn2nc(C)cc2C)C1.Cl.Cl. The average Bonchev–Trinajstić information content (AvgIpc) is 2.68. The molecule has 0 aromatic carbocycles. The maximum absolute atomic E-state index is 12.3. The van der Waals surface area contributed by atoms with Crippen LogP contribution in [0.1, 0.15) is 24.2 Å². The zero-order valence-corrected chi connectivity index (χ0v) is 14.6. The van der Waals surface area contributed by atoms with E-state index in [0.717, 1.165) is 37.4 Å². The molecule has 1 amide bonds. The number of nitrogens with one attached hydrogen (secondary N) is 1. The summed E-state index contributed by atoms with van der Waals surface area (Å²) < 4.78 is 1.80. The van der Waals surface area contributed by atoms with Crippen LogP contribution in [0.2, 0.25) is 0 Å². The third-order valence-electron chi connectivity index (χ3n) is 3.75. The average molecular weight is 337 g/mol. The molecule has 122 valence electrons. The Hall–Kier alpha value is -0.780. The highest BCUT2D eigenvalue weighted by atomic mass is 35.5. The van der Waals surface area contributed by atoms with Crippen molar-refractivity contribution in [3.8, 4) is 0 Å². The first kappa shape index (κ1) is 20.2. The van der Waals surface area contributed by atoms with Gasteiger partial charge in [-0.3, -0.25) is 9.48 Å². The molecule has 0 radical (unpaired) electrons. The number of carbonyl (C=O) groups is 1.